The molecule has 1 aromatic rings. The van der Waals surface area contributed by atoms with Crippen LogP contribution in [0.2, 0.25) is 0 Å². The van der Waals surface area contributed by atoms with Crippen molar-refractivity contribution in [1.29, 1.82) is 0 Å². The highest BCUT2D eigenvalue weighted by Gasteiger charge is 2.22. The van der Waals surface area contributed by atoms with Crippen LogP contribution in [0.5, 0.6) is 0 Å². The number of amides is 1. The number of anilines is 1. The van der Waals surface area contributed by atoms with E-state index in [9.17, 15) is 4.79 Å². The number of methoxy groups -OCH3 is 1. The number of aromatic nitrogens is 1. The fourth-order valence-corrected chi connectivity index (χ4v) is 2.37. The lowest BCUT2D eigenvalue weighted by Gasteiger charge is -2.35. The molecule has 6 heteroatoms. The number of primary amides is 1. The third kappa shape index (κ3) is 3.46. The fourth-order valence-electron chi connectivity index (χ4n) is 2.37. The third-order valence-corrected chi connectivity index (χ3v) is 3.52. The van der Waals surface area contributed by atoms with E-state index in [0.29, 0.717) is 6.54 Å². The molecule has 0 aliphatic carbocycles. The van der Waals surface area contributed by atoms with Gasteiger partial charge in [-0.1, -0.05) is 6.07 Å². The molecule has 1 radical (unpaired) electrons. The molecule has 0 saturated carbocycles. The minimum absolute atomic E-state index is 0.277. The maximum absolute atomic E-state index is 10.9. The molecule has 1 aliphatic rings. The number of hydrogen-bond acceptors (Lipinski definition) is 5. The van der Waals surface area contributed by atoms with E-state index in [4.69, 9.17) is 10.5 Å². The van der Waals surface area contributed by atoms with Crippen molar-refractivity contribution in [3.63, 3.8) is 0 Å². The van der Waals surface area contributed by atoms with E-state index < -0.39 is 0 Å². The van der Waals surface area contributed by atoms with Gasteiger partial charge < -0.3 is 15.4 Å². The zero-order valence-corrected chi connectivity index (χ0v) is 12.0. The molecule has 6 nitrogen and oxygen atoms in total. The first-order valence-corrected chi connectivity index (χ1v) is 6.70. The predicted octanol–water partition coefficient (Wildman–Crippen LogP) is 0.235. The molecule has 0 bridgehead atoms. The Kier molecular flexibility index (Phi) is 4.92. The summed E-state index contributed by atoms with van der Waals surface area (Å²) in [7, 11) is 1.66. The van der Waals surface area contributed by atoms with Crippen LogP contribution in [0, 0.1) is 6.10 Å². The first kappa shape index (κ1) is 14.7. The molecule has 2 N–H and O–H groups in total. The Morgan fingerprint density at radius 3 is 2.70 bits per heavy atom. The third-order valence-electron chi connectivity index (χ3n) is 3.52. The second kappa shape index (κ2) is 6.67. The second-order valence-electron chi connectivity index (χ2n) is 4.86. The van der Waals surface area contributed by atoms with Gasteiger partial charge in [-0.3, -0.25) is 9.69 Å². The Labute approximate surface area is 119 Å². The van der Waals surface area contributed by atoms with E-state index in [1.165, 1.54) is 0 Å². The number of rotatable bonds is 5. The van der Waals surface area contributed by atoms with E-state index >= 15 is 0 Å². The number of piperazine rings is 1. The number of hydrogen-bond donors (Lipinski definition) is 1. The maximum Gasteiger partial charge on any atom is 0.231 e. The van der Waals surface area contributed by atoms with Crippen molar-refractivity contribution in [2.24, 2.45) is 5.73 Å². The molecule has 1 aliphatic heterocycles. The molecule has 0 spiro atoms. The van der Waals surface area contributed by atoms with Gasteiger partial charge in [0.15, 0.2) is 0 Å². The van der Waals surface area contributed by atoms with Gasteiger partial charge in [0.05, 0.1) is 6.54 Å². The number of carbonyl (C=O) groups excluding carboxylic acids is 1. The average Bonchev–Trinajstić information content (AvgIpc) is 2.46. The van der Waals surface area contributed by atoms with Crippen LogP contribution in [0.3, 0.4) is 0 Å². The van der Waals surface area contributed by atoms with Gasteiger partial charge in [0.2, 0.25) is 5.91 Å². The highest BCUT2D eigenvalue weighted by molar-refractivity contribution is 5.76. The van der Waals surface area contributed by atoms with Gasteiger partial charge in [0.25, 0.3) is 0 Å². The summed E-state index contributed by atoms with van der Waals surface area (Å²) in [6.07, 6.45) is 2.64. The lowest BCUT2D eigenvalue weighted by molar-refractivity contribution is -0.119. The lowest BCUT2D eigenvalue weighted by Crippen LogP contribution is -2.49. The van der Waals surface area contributed by atoms with Crippen molar-refractivity contribution in [1.82, 2.24) is 9.88 Å². The van der Waals surface area contributed by atoms with Crippen LogP contribution in [0.25, 0.3) is 0 Å². The molecule has 1 amide bonds. The first-order valence-electron chi connectivity index (χ1n) is 6.70. The fraction of sp³-hybridized carbons (Fsp3) is 0.500. The summed E-state index contributed by atoms with van der Waals surface area (Å²) >= 11 is 0. The monoisotopic (exact) mass is 277 g/mol. The molecule has 1 fully saturated rings. The number of nitrogens with zero attached hydrogens (tertiary/aromatic N) is 3. The van der Waals surface area contributed by atoms with E-state index in [1.54, 1.807) is 13.3 Å². The standard InChI is InChI=1S/C14H21N4O2/c1-11(20-2)12-4-3-5-16-14(12)18-8-6-17(7-9-18)10-13(15)19/h3-5H,6-10H2,1-2H3,(H2,15,19). The van der Waals surface area contributed by atoms with Crippen molar-refractivity contribution in [2.75, 3.05) is 44.7 Å². The van der Waals surface area contributed by atoms with Crippen LogP contribution in [0.4, 0.5) is 5.82 Å². The summed E-state index contributed by atoms with van der Waals surface area (Å²) in [5.74, 6) is 0.658. The molecule has 0 aromatic carbocycles. The molecule has 0 unspecified atom stereocenters. The minimum atomic E-state index is -0.277. The molecule has 1 saturated heterocycles. The minimum Gasteiger partial charge on any atom is -0.370 e. The molecule has 2 rings (SSSR count). The van der Waals surface area contributed by atoms with Crippen molar-refractivity contribution in [2.45, 2.75) is 6.92 Å². The predicted molar refractivity (Wildman–Crippen MR) is 77.1 cm³/mol. The number of pyridine rings is 1. The molecule has 109 valence electrons. The molecule has 1 aromatic heterocycles. The largest absolute Gasteiger partial charge is 0.370 e. The summed E-state index contributed by atoms with van der Waals surface area (Å²) in [6, 6.07) is 3.92. The summed E-state index contributed by atoms with van der Waals surface area (Å²) in [6.45, 7) is 5.54. The Morgan fingerprint density at radius 2 is 2.10 bits per heavy atom. The van der Waals surface area contributed by atoms with E-state index in [0.717, 1.165) is 43.7 Å². The smallest absolute Gasteiger partial charge is 0.231 e. The Morgan fingerprint density at radius 1 is 1.40 bits per heavy atom. The highest BCUT2D eigenvalue weighted by Crippen LogP contribution is 2.25. The molecule has 20 heavy (non-hydrogen) atoms. The second-order valence-corrected chi connectivity index (χ2v) is 4.86. The normalized spacial score (nSPS) is 16.6. The van der Waals surface area contributed by atoms with Crippen LogP contribution in [-0.4, -0.2) is 55.6 Å². The number of carbonyl (C=O) groups is 1. The van der Waals surface area contributed by atoms with Gasteiger partial charge in [-0.05, 0) is 13.0 Å². The lowest BCUT2D eigenvalue weighted by atomic mass is 10.1. The van der Waals surface area contributed by atoms with Crippen LogP contribution in [0.15, 0.2) is 18.3 Å². The van der Waals surface area contributed by atoms with Gasteiger partial charge in [0, 0.05) is 45.0 Å². The first-order chi connectivity index (χ1) is 9.61. The van der Waals surface area contributed by atoms with Gasteiger partial charge in [-0.15, -0.1) is 0 Å². The zero-order valence-electron chi connectivity index (χ0n) is 12.0. The molecule has 0 atom stereocenters. The van der Waals surface area contributed by atoms with Crippen molar-refractivity contribution in [3.8, 4) is 0 Å². The van der Waals surface area contributed by atoms with Gasteiger partial charge in [0.1, 0.15) is 11.9 Å². The van der Waals surface area contributed by atoms with Crippen LogP contribution < -0.4 is 10.6 Å². The van der Waals surface area contributed by atoms with E-state index in [2.05, 4.69) is 14.8 Å². The Hall–Kier alpha value is -1.66. The van der Waals surface area contributed by atoms with Crippen LogP contribution in [0.1, 0.15) is 12.5 Å². The van der Waals surface area contributed by atoms with E-state index in [-0.39, 0.29) is 5.91 Å². The van der Waals surface area contributed by atoms with Gasteiger partial charge in [-0.25, -0.2) is 4.98 Å². The molecular weight excluding hydrogens is 256 g/mol. The number of nitrogens with two attached hydrogens (primary N) is 1. The Bertz CT molecular complexity index is 458. The summed E-state index contributed by atoms with van der Waals surface area (Å²) in [5, 5.41) is 0. The topological polar surface area (TPSA) is 71.7 Å². The molecular formula is C14H21N4O2. The van der Waals surface area contributed by atoms with E-state index in [1.807, 2.05) is 19.1 Å². The number of ether oxygens (including phenoxy) is 1. The average molecular weight is 277 g/mol. The summed E-state index contributed by atoms with van der Waals surface area (Å²) in [5.41, 5.74) is 6.24. The SMILES string of the molecule is CO[C](C)c1cccnc1N1CCN(CC(N)=O)CC1. The molecule has 2 heterocycles. The Balaban J connectivity index is 2.05. The van der Waals surface area contributed by atoms with Gasteiger partial charge in [-0.2, -0.15) is 0 Å². The quantitative estimate of drug-likeness (QED) is 0.834. The van der Waals surface area contributed by atoms with Crippen LogP contribution >= 0.6 is 0 Å². The maximum atomic E-state index is 10.9. The van der Waals surface area contributed by atoms with Crippen molar-refractivity contribution < 1.29 is 9.53 Å². The van der Waals surface area contributed by atoms with Crippen LogP contribution in [-0.2, 0) is 9.53 Å². The van der Waals surface area contributed by atoms with Crippen molar-refractivity contribution in [3.05, 3.63) is 30.0 Å². The highest BCUT2D eigenvalue weighted by atomic mass is 16.5. The van der Waals surface area contributed by atoms with Crippen molar-refractivity contribution >= 4 is 11.7 Å². The zero-order chi connectivity index (χ0) is 14.5. The van der Waals surface area contributed by atoms with Gasteiger partial charge >= 0.3 is 0 Å². The summed E-state index contributed by atoms with van der Waals surface area (Å²) in [4.78, 5) is 19.7. The summed E-state index contributed by atoms with van der Waals surface area (Å²) < 4.78 is 5.32.